The summed E-state index contributed by atoms with van der Waals surface area (Å²) in [6, 6.07) is 7.68. The van der Waals surface area contributed by atoms with Crippen molar-refractivity contribution in [3.05, 3.63) is 59.5 Å². The topological polar surface area (TPSA) is 118 Å². The van der Waals surface area contributed by atoms with Crippen molar-refractivity contribution in [3.8, 4) is 0 Å². The van der Waals surface area contributed by atoms with Crippen LogP contribution in [0.3, 0.4) is 0 Å². The van der Waals surface area contributed by atoms with E-state index in [4.69, 9.17) is 4.42 Å². The van der Waals surface area contributed by atoms with E-state index in [2.05, 4.69) is 15.4 Å². The van der Waals surface area contributed by atoms with Gasteiger partial charge in [0.05, 0.1) is 17.6 Å². The minimum absolute atomic E-state index is 0.153. The van der Waals surface area contributed by atoms with Gasteiger partial charge in [0.25, 0.3) is 5.91 Å². The van der Waals surface area contributed by atoms with Crippen LogP contribution in [-0.2, 0) is 27.1 Å². The van der Waals surface area contributed by atoms with Gasteiger partial charge in [-0.05, 0) is 31.2 Å². The van der Waals surface area contributed by atoms with Crippen LogP contribution in [0.4, 0.5) is 0 Å². The first-order valence-electron chi connectivity index (χ1n) is 7.91. The zero-order valence-electron chi connectivity index (χ0n) is 14.5. The predicted molar refractivity (Wildman–Crippen MR) is 95.6 cm³/mol. The van der Waals surface area contributed by atoms with Crippen molar-refractivity contribution in [2.45, 2.75) is 25.3 Å². The van der Waals surface area contributed by atoms with E-state index in [1.807, 2.05) is 0 Å². The van der Waals surface area contributed by atoms with Crippen LogP contribution >= 0.6 is 0 Å². The fourth-order valence-corrected chi connectivity index (χ4v) is 3.06. The van der Waals surface area contributed by atoms with Gasteiger partial charge in [0.2, 0.25) is 15.9 Å². The van der Waals surface area contributed by atoms with Crippen LogP contribution in [0.15, 0.2) is 47.3 Å². The van der Waals surface area contributed by atoms with Crippen molar-refractivity contribution in [3.63, 3.8) is 0 Å². The van der Waals surface area contributed by atoms with Gasteiger partial charge in [0.1, 0.15) is 12.3 Å². The summed E-state index contributed by atoms with van der Waals surface area (Å²) in [7, 11) is -2.07. The summed E-state index contributed by atoms with van der Waals surface area (Å²) in [6.45, 7) is 1.71. The molecular formula is C17H21N3O5S. The van der Waals surface area contributed by atoms with E-state index in [-0.39, 0.29) is 18.2 Å². The number of benzene rings is 1. The lowest BCUT2D eigenvalue weighted by Gasteiger charge is -2.15. The van der Waals surface area contributed by atoms with Crippen molar-refractivity contribution in [2.24, 2.45) is 0 Å². The van der Waals surface area contributed by atoms with E-state index in [1.165, 1.54) is 25.6 Å². The Morgan fingerprint density at radius 1 is 1.15 bits per heavy atom. The molecule has 9 heteroatoms. The Morgan fingerprint density at radius 3 is 2.46 bits per heavy atom. The molecule has 2 rings (SSSR count). The molecule has 2 aromatic rings. The SMILES string of the molecule is CNS(=O)(=O)Cc1ccccc1CNC(=O)[C@@H](C)NC(=O)c1ccoc1. The second kappa shape index (κ2) is 8.63. The average molecular weight is 379 g/mol. The summed E-state index contributed by atoms with van der Waals surface area (Å²) in [5, 5.41) is 5.26. The maximum absolute atomic E-state index is 12.2. The van der Waals surface area contributed by atoms with E-state index in [0.29, 0.717) is 16.7 Å². The molecule has 0 unspecified atom stereocenters. The lowest BCUT2D eigenvalue weighted by atomic mass is 10.1. The first-order valence-corrected chi connectivity index (χ1v) is 9.56. The van der Waals surface area contributed by atoms with E-state index < -0.39 is 22.0 Å². The molecule has 0 bridgehead atoms. The maximum atomic E-state index is 12.2. The minimum atomic E-state index is -3.42. The molecule has 0 saturated carbocycles. The molecule has 8 nitrogen and oxygen atoms in total. The maximum Gasteiger partial charge on any atom is 0.255 e. The molecule has 0 spiro atoms. The molecule has 0 aliphatic rings. The molecule has 140 valence electrons. The average Bonchev–Trinajstić information content (AvgIpc) is 3.15. The Kier molecular flexibility index (Phi) is 6.53. The summed E-state index contributed by atoms with van der Waals surface area (Å²) >= 11 is 0. The van der Waals surface area contributed by atoms with Crippen LogP contribution in [0.25, 0.3) is 0 Å². The van der Waals surface area contributed by atoms with Crippen LogP contribution < -0.4 is 15.4 Å². The van der Waals surface area contributed by atoms with Crippen LogP contribution in [0.2, 0.25) is 0 Å². The molecule has 3 N–H and O–H groups in total. The highest BCUT2D eigenvalue weighted by Crippen LogP contribution is 2.12. The van der Waals surface area contributed by atoms with Crippen molar-refractivity contribution in [1.29, 1.82) is 0 Å². The van der Waals surface area contributed by atoms with Crippen molar-refractivity contribution >= 4 is 21.8 Å². The zero-order valence-corrected chi connectivity index (χ0v) is 15.3. The summed E-state index contributed by atoms with van der Waals surface area (Å²) in [5.74, 6) is -0.975. The molecule has 0 saturated heterocycles. The van der Waals surface area contributed by atoms with Crippen molar-refractivity contribution in [2.75, 3.05) is 7.05 Å². The molecule has 1 aromatic heterocycles. The molecule has 1 heterocycles. The number of carbonyl (C=O) groups excluding carboxylic acids is 2. The van der Waals surface area contributed by atoms with E-state index >= 15 is 0 Å². The normalized spacial score (nSPS) is 12.4. The molecule has 0 fully saturated rings. The third-order valence-corrected chi connectivity index (χ3v) is 5.07. The van der Waals surface area contributed by atoms with Crippen molar-refractivity contribution < 1.29 is 22.4 Å². The quantitative estimate of drug-likeness (QED) is 0.626. The molecule has 0 aliphatic heterocycles. The van der Waals surface area contributed by atoms with Crippen molar-refractivity contribution in [1.82, 2.24) is 15.4 Å². The van der Waals surface area contributed by atoms with Crippen LogP contribution in [0, 0.1) is 0 Å². The highest BCUT2D eigenvalue weighted by Gasteiger charge is 2.18. The van der Waals surface area contributed by atoms with Crippen LogP contribution in [-0.4, -0.2) is 33.3 Å². The van der Waals surface area contributed by atoms with Gasteiger partial charge in [-0.1, -0.05) is 24.3 Å². The number of hydrogen-bond acceptors (Lipinski definition) is 5. The van der Waals surface area contributed by atoms with E-state index in [0.717, 1.165) is 0 Å². The van der Waals surface area contributed by atoms with E-state index in [9.17, 15) is 18.0 Å². The highest BCUT2D eigenvalue weighted by molar-refractivity contribution is 7.88. The lowest BCUT2D eigenvalue weighted by Crippen LogP contribution is -2.44. The molecule has 0 aliphatic carbocycles. The Labute approximate surface area is 152 Å². The number of sulfonamides is 1. The first-order chi connectivity index (χ1) is 12.3. The number of nitrogens with one attached hydrogen (secondary N) is 3. The monoisotopic (exact) mass is 379 g/mol. The second-order valence-corrected chi connectivity index (χ2v) is 7.58. The highest BCUT2D eigenvalue weighted by atomic mass is 32.2. The summed E-state index contributed by atoms with van der Waals surface area (Å²) < 4.78 is 30.6. The minimum Gasteiger partial charge on any atom is -0.472 e. The Bertz CT molecular complexity index is 862. The van der Waals surface area contributed by atoms with Gasteiger partial charge in [0, 0.05) is 6.54 Å². The summed E-state index contributed by atoms with van der Waals surface area (Å²) in [4.78, 5) is 24.1. The number of amides is 2. The first kappa shape index (κ1) is 19.7. The Balaban J connectivity index is 1.96. The van der Waals surface area contributed by atoms with E-state index in [1.54, 1.807) is 31.2 Å². The smallest absolute Gasteiger partial charge is 0.255 e. The summed E-state index contributed by atoms with van der Waals surface area (Å²) in [5.41, 5.74) is 1.61. The largest absolute Gasteiger partial charge is 0.472 e. The van der Waals surface area contributed by atoms with Gasteiger partial charge in [-0.15, -0.1) is 0 Å². The van der Waals surface area contributed by atoms with Gasteiger partial charge in [-0.2, -0.15) is 0 Å². The molecule has 0 radical (unpaired) electrons. The van der Waals surface area contributed by atoms with Gasteiger partial charge >= 0.3 is 0 Å². The molecule has 1 atom stereocenters. The molecule has 26 heavy (non-hydrogen) atoms. The number of rotatable bonds is 8. The fourth-order valence-electron chi connectivity index (χ4n) is 2.22. The third kappa shape index (κ3) is 5.43. The molecule has 1 aromatic carbocycles. The Morgan fingerprint density at radius 2 is 1.85 bits per heavy atom. The second-order valence-electron chi connectivity index (χ2n) is 5.66. The van der Waals surface area contributed by atoms with Crippen LogP contribution in [0.1, 0.15) is 28.4 Å². The third-order valence-electron chi connectivity index (χ3n) is 3.75. The molecular weight excluding hydrogens is 358 g/mol. The van der Waals surface area contributed by atoms with Gasteiger partial charge in [-0.25, -0.2) is 13.1 Å². The molecule has 2 amide bonds. The fraction of sp³-hybridized carbons (Fsp3) is 0.294. The number of hydrogen-bond donors (Lipinski definition) is 3. The van der Waals surface area contributed by atoms with Crippen LogP contribution in [0.5, 0.6) is 0 Å². The summed E-state index contributed by atoms with van der Waals surface area (Å²) in [6.07, 6.45) is 2.66. The lowest BCUT2D eigenvalue weighted by molar-refractivity contribution is -0.122. The van der Waals surface area contributed by atoms with Gasteiger partial charge in [-0.3, -0.25) is 9.59 Å². The standard InChI is InChI=1S/C17H21N3O5S/c1-12(20-17(22)14-7-8-25-10-14)16(21)19-9-13-5-3-4-6-15(13)11-26(23,24)18-2/h3-8,10,12,18H,9,11H2,1-2H3,(H,19,21)(H,20,22)/t12-/m1/s1. The zero-order chi connectivity index (χ0) is 19.2. The number of furan rings is 1. The predicted octanol–water partition coefficient (Wildman–Crippen LogP) is 0.763. The van der Waals surface area contributed by atoms with Gasteiger partial charge in [0.15, 0.2) is 0 Å². The Hall–Kier alpha value is -2.65. The van der Waals surface area contributed by atoms with Gasteiger partial charge < -0.3 is 15.1 Å². The number of carbonyl (C=O) groups is 2.